The van der Waals surface area contributed by atoms with Gasteiger partial charge in [0.05, 0.1) is 17.2 Å². The smallest absolute Gasteiger partial charge is 0.264 e. The Balaban J connectivity index is 1.60. The first-order valence-electron chi connectivity index (χ1n) is 11.7. The molecule has 33 heavy (non-hydrogen) atoms. The van der Waals surface area contributed by atoms with Gasteiger partial charge in [0.25, 0.3) is 5.91 Å². The number of thioether (sulfide) groups is 1. The third-order valence-electron chi connectivity index (χ3n) is 6.41. The fraction of sp³-hybridized carbons (Fsp3) is 0.407. The first-order valence-corrected chi connectivity index (χ1v) is 12.5. The molecule has 1 atom stereocenters. The second-order valence-electron chi connectivity index (χ2n) is 9.34. The lowest BCUT2D eigenvalue weighted by Crippen LogP contribution is -2.48. The quantitative estimate of drug-likeness (QED) is 0.522. The number of anilines is 1. The van der Waals surface area contributed by atoms with Crippen molar-refractivity contribution < 1.29 is 9.53 Å². The third kappa shape index (κ3) is 4.81. The number of fused-ring (bicyclic) bond motifs is 1. The van der Waals surface area contributed by atoms with Gasteiger partial charge in [-0.05, 0) is 118 Å². The van der Waals surface area contributed by atoms with E-state index in [0.717, 1.165) is 30.0 Å². The highest BCUT2D eigenvalue weighted by molar-refractivity contribution is 8.18. The number of nitrogens with zero attached hydrogens (tertiary/aromatic N) is 2. The highest BCUT2D eigenvalue weighted by Crippen LogP contribution is 2.44. The van der Waals surface area contributed by atoms with Crippen LogP contribution in [0.4, 0.5) is 11.4 Å². The van der Waals surface area contributed by atoms with Gasteiger partial charge in [0.15, 0.2) is 5.17 Å². The van der Waals surface area contributed by atoms with Crippen molar-refractivity contribution in [1.82, 2.24) is 5.32 Å². The van der Waals surface area contributed by atoms with E-state index in [9.17, 15) is 4.79 Å². The number of amides is 1. The van der Waals surface area contributed by atoms with Crippen LogP contribution in [-0.4, -0.2) is 29.8 Å². The van der Waals surface area contributed by atoms with Gasteiger partial charge >= 0.3 is 0 Å². The molecule has 1 amide bonds. The van der Waals surface area contributed by atoms with Gasteiger partial charge in [-0.2, -0.15) is 0 Å². The molecule has 2 aliphatic rings. The topological polar surface area (TPSA) is 53.9 Å². The van der Waals surface area contributed by atoms with Gasteiger partial charge in [-0.15, -0.1) is 0 Å². The SMILES string of the molecule is CCOc1ccc(N=C2NC(=O)/C(=C\c3cc4c(cc3C)N(CC)C(C)(C)CC4C)S2)cc1. The molecule has 1 unspecified atom stereocenters. The minimum atomic E-state index is -0.105. The van der Waals surface area contributed by atoms with Crippen LogP contribution in [0.2, 0.25) is 0 Å². The molecule has 174 valence electrons. The predicted octanol–water partition coefficient (Wildman–Crippen LogP) is 6.40. The number of hydrogen-bond acceptors (Lipinski definition) is 5. The number of aryl methyl sites for hydroxylation is 1. The van der Waals surface area contributed by atoms with E-state index in [-0.39, 0.29) is 11.4 Å². The number of ether oxygens (including phenoxy) is 1. The van der Waals surface area contributed by atoms with E-state index in [2.05, 4.69) is 62.0 Å². The lowest BCUT2D eigenvalue weighted by Gasteiger charge is -2.47. The fourth-order valence-electron chi connectivity index (χ4n) is 4.93. The second-order valence-corrected chi connectivity index (χ2v) is 10.4. The summed E-state index contributed by atoms with van der Waals surface area (Å²) in [5, 5.41) is 3.49. The zero-order valence-corrected chi connectivity index (χ0v) is 21.2. The fourth-order valence-corrected chi connectivity index (χ4v) is 5.76. The van der Waals surface area contributed by atoms with Gasteiger partial charge in [-0.25, -0.2) is 4.99 Å². The summed E-state index contributed by atoms with van der Waals surface area (Å²) in [6, 6.07) is 12.1. The molecule has 2 aliphatic heterocycles. The highest BCUT2D eigenvalue weighted by atomic mass is 32.2. The molecule has 0 aromatic heterocycles. The number of aliphatic imine (C=N–C) groups is 1. The zero-order valence-electron chi connectivity index (χ0n) is 20.4. The van der Waals surface area contributed by atoms with Crippen LogP contribution in [-0.2, 0) is 4.79 Å². The van der Waals surface area contributed by atoms with Crippen LogP contribution in [0.15, 0.2) is 46.3 Å². The van der Waals surface area contributed by atoms with Crippen molar-refractivity contribution >= 4 is 40.3 Å². The van der Waals surface area contributed by atoms with Gasteiger partial charge in [0.2, 0.25) is 0 Å². The van der Waals surface area contributed by atoms with Gasteiger partial charge in [0.1, 0.15) is 5.75 Å². The number of carbonyl (C=O) groups is 1. The summed E-state index contributed by atoms with van der Waals surface area (Å²) in [6.45, 7) is 14.9. The predicted molar refractivity (Wildman–Crippen MR) is 140 cm³/mol. The Labute approximate surface area is 201 Å². The largest absolute Gasteiger partial charge is 0.494 e. The highest BCUT2D eigenvalue weighted by Gasteiger charge is 2.36. The summed E-state index contributed by atoms with van der Waals surface area (Å²) in [5.41, 5.74) is 5.87. The van der Waals surface area contributed by atoms with Crippen molar-refractivity contribution in [2.24, 2.45) is 4.99 Å². The van der Waals surface area contributed by atoms with Crippen molar-refractivity contribution in [2.75, 3.05) is 18.1 Å². The van der Waals surface area contributed by atoms with E-state index in [4.69, 9.17) is 4.74 Å². The van der Waals surface area contributed by atoms with E-state index in [1.165, 1.54) is 28.6 Å². The van der Waals surface area contributed by atoms with Crippen LogP contribution in [0.3, 0.4) is 0 Å². The molecule has 2 aromatic carbocycles. The van der Waals surface area contributed by atoms with Gasteiger partial charge in [0, 0.05) is 17.8 Å². The normalized spacial score (nSPS) is 21.9. The summed E-state index contributed by atoms with van der Waals surface area (Å²) in [6.07, 6.45) is 3.11. The first-order chi connectivity index (χ1) is 15.7. The van der Waals surface area contributed by atoms with E-state index in [0.29, 0.717) is 22.6 Å². The van der Waals surface area contributed by atoms with Gasteiger partial charge in [-0.3, -0.25) is 4.79 Å². The molecule has 4 rings (SSSR count). The van der Waals surface area contributed by atoms with Crippen LogP contribution in [0.25, 0.3) is 6.08 Å². The van der Waals surface area contributed by atoms with Crippen molar-refractivity contribution in [3.8, 4) is 5.75 Å². The van der Waals surface area contributed by atoms with Crippen LogP contribution in [0.1, 0.15) is 63.6 Å². The first kappa shape index (κ1) is 23.4. The van der Waals surface area contributed by atoms with Crippen molar-refractivity contribution in [1.29, 1.82) is 0 Å². The summed E-state index contributed by atoms with van der Waals surface area (Å²) < 4.78 is 5.48. The third-order valence-corrected chi connectivity index (χ3v) is 7.32. The van der Waals surface area contributed by atoms with Crippen LogP contribution in [0, 0.1) is 6.92 Å². The molecular weight excluding hydrogens is 430 g/mol. The molecule has 6 heteroatoms. The zero-order chi connectivity index (χ0) is 23.8. The Bertz CT molecular complexity index is 1120. The van der Waals surface area contributed by atoms with Gasteiger partial charge < -0.3 is 15.0 Å². The summed E-state index contributed by atoms with van der Waals surface area (Å²) in [7, 11) is 0. The maximum Gasteiger partial charge on any atom is 0.264 e. The molecule has 0 saturated carbocycles. The Morgan fingerprint density at radius 2 is 1.97 bits per heavy atom. The molecule has 0 bridgehead atoms. The standard InChI is InChI=1S/C27H33N3O2S/c1-7-30-23-13-17(3)19(14-22(23)18(4)16-27(30,5)6)15-24-25(31)29-26(33-24)28-20-9-11-21(12-10-20)32-8-2/h9-15,18H,7-8,16H2,1-6H3,(H,28,29,31)/b24-15+. The lowest BCUT2D eigenvalue weighted by atomic mass is 9.79. The lowest BCUT2D eigenvalue weighted by molar-refractivity contribution is -0.115. The van der Waals surface area contributed by atoms with Crippen LogP contribution in [0.5, 0.6) is 5.75 Å². The monoisotopic (exact) mass is 463 g/mol. The van der Waals surface area contributed by atoms with Crippen molar-refractivity contribution in [3.05, 3.63) is 58.0 Å². The summed E-state index contributed by atoms with van der Waals surface area (Å²) in [4.78, 5) is 20.4. The molecule has 5 nitrogen and oxygen atoms in total. The number of amidine groups is 1. The van der Waals surface area contributed by atoms with Crippen LogP contribution < -0.4 is 15.0 Å². The second kappa shape index (κ2) is 9.26. The number of hydrogen-bond donors (Lipinski definition) is 1. The number of carbonyl (C=O) groups excluding carboxylic acids is 1. The van der Waals surface area contributed by atoms with E-state index >= 15 is 0 Å². The molecule has 1 saturated heterocycles. The van der Waals surface area contributed by atoms with Crippen molar-refractivity contribution in [2.45, 2.75) is 59.4 Å². The van der Waals surface area contributed by atoms with E-state index in [1.807, 2.05) is 37.3 Å². The minimum Gasteiger partial charge on any atom is -0.494 e. The average Bonchev–Trinajstić information content (AvgIpc) is 3.09. The summed E-state index contributed by atoms with van der Waals surface area (Å²) >= 11 is 1.38. The molecule has 1 fully saturated rings. The Hall–Kier alpha value is -2.73. The average molecular weight is 464 g/mol. The maximum atomic E-state index is 12.7. The molecule has 1 N–H and O–H groups in total. The minimum absolute atomic E-state index is 0.105. The van der Waals surface area contributed by atoms with Gasteiger partial charge in [-0.1, -0.05) is 6.92 Å². The molecular formula is C27H33N3O2S. The van der Waals surface area contributed by atoms with Crippen molar-refractivity contribution in [3.63, 3.8) is 0 Å². The molecule has 0 spiro atoms. The molecule has 0 radical (unpaired) electrons. The maximum absolute atomic E-state index is 12.7. The molecule has 2 heterocycles. The Morgan fingerprint density at radius 3 is 2.64 bits per heavy atom. The molecule has 2 aromatic rings. The Kier molecular flexibility index (Phi) is 6.57. The van der Waals surface area contributed by atoms with Crippen LogP contribution >= 0.6 is 11.8 Å². The summed E-state index contributed by atoms with van der Waals surface area (Å²) in [5.74, 6) is 1.18. The number of rotatable bonds is 5. The number of nitrogens with one attached hydrogen (secondary N) is 1. The Morgan fingerprint density at radius 1 is 1.24 bits per heavy atom. The molecule has 0 aliphatic carbocycles. The van der Waals surface area contributed by atoms with E-state index in [1.54, 1.807) is 0 Å². The van der Waals surface area contributed by atoms with E-state index < -0.39 is 0 Å². The number of benzene rings is 2.